The fraction of sp³-hybridized carbons (Fsp3) is 1.00. The van der Waals surface area contributed by atoms with E-state index in [2.05, 4.69) is 46.9 Å². The summed E-state index contributed by atoms with van der Waals surface area (Å²) in [6.45, 7) is 14.3. The predicted molar refractivity (Wildman–Crippen MR) is 70.5 cm³/mol. The standard InChI is InChI=1S/C15H29N/c1-14(2,3)11-7-10-8-13(15(4,5)6)16-12(10)9-11/h10-13,16H,7-9H2,1-6H3/t10-,11-,12-,13?/m0/s1. The first-order valence-electron chi connectivity index (χ1n) is 6.94. The van der Waals surface area contributed by atoms with Gasteiger partial charge in [0.2, 0.25) is 0 Å². The largest absolute Gasteiger partial charge is 0.310 e. The summed E-state index contributed by atoms with van der Waals surface area (Å²) in [4.78, 5) is 0. The van der Waals surface area contributed by atoms with Gasteiger partial charge in [-0.3, -0.25) is 0 Å². The van der Waals surface area contributed by atoms with Crippen LogP contribution in [0.5, 0.6) is 0 Å². The van der Waals surface area contributed by atoms with Crippen molar-refractivity contribution in [3.63, 3.8) is 0 Å². The van der Waals surface area contributed by atoms with Crippen LogP contribution in [0.4, 0.5) is 0 Å². The zero-order valence-electron chi connectivity index (χ0n) is 11.9. The summed E-state index contributed by atoms with van der Waals surface area (Å²) in [5.74, 6) is 1.88. The molecule has 0 radical (unpaired) electrons. The number of hydrogen-bond donors (Lipinski definition) is 1. The van der Waals surface area contributed by atoms with Gasteiger partial charge in [0.05, 0.1) is 0 Å². The van der Waals surface area contributed by atoms with Gasteiger partial charge in [0.25, 0.3) is 0 Å². The Morgan fingerprint density at radius 1 is 0.812 bits per heavy atom. The third-order valence-electron chi connectivity index (χ3n) is 4.92. The van der Waals surface area contributed by atoms with Crippen LogP contribution in [0.2, 0.25) is 0 Å². The first-order chi connectivity index (χ1) is 7.18. The molecule has 1 aliphatic carbocycles. The maximum Gasteiger partial charge on any atom is 0.0121 e. The lowest BCUT2D eigenvalue weighted by Crippen LogP contribution is -2.39. The monoisotopic (exact) mass is 223 g/mol. The van der Waals surface area contributed by atoms with Crippen molar-refractivity contribution in [3.05, 3.63) is 0 Å². The highest BCUT2D eigenvalue weighted by Crippen LogP contribution is 2.48. The van der Waals surface area contributed by atoms with Crippen molar-refractivity contribution in [1.29, 1.82) is 0 Å². The average Bonchev–Trinajstić information content (AvgIpc) is 2.53. The van der Waals surface area contributed by atoms with E-state index < -0.39 is 0 Å². The molecule has 0 bridgehead atoms. The molecule has 1 saturated carbocycles. The van der Waals surface area contributed by atoms with Crippen molar-refractivity contribution in [2.45, 2.75) is 72.9 Å². The molecule has 0 aromatic carbocycles. The Kier molecular flexibility index (Phi) is 2.89. The highest BCUT2D eigenvalue weighted by molar-refractivity contribution is 5.02. The Balaban J connectivity index is 1.96. The van der Waals surface area contributed by atoms with Gasteiger partial charge in [-0.1, -0.05) is 41.5 Å². The van der Waals surface area contributed by atoms with Gasteiger partial charge < -0.3 is 5.32 Å². The number of rotatable bonds is 0. The third kappa shape index (κ3) is 2.30. The van der Waals surface area contributed by atoms with E-state index in [-0.39, 0.29) is 0 Å². The summed E-state index contributed by atoms with van der Waals surface area (Å²) in [6, 6.07) is 1.55. The first-order valence-corrected chi connectivity index (χ1v) is 6.94. The Hall–Kier alpha value is -0.0400. The van der Waals surface area contributed by atoms with E-state index in [1.165, 1.54) is 19.3 Å². The second kappa shape index (κ2) is 3.73. The van der Waals surface area contributed by atoms with Gasteiger partial charge in [0.15, 0.2) is 0 Å². The molecule has 1 unspecified atom stereocenters. The van der Waals surface area contributed by atoms with Crippen LogP contribution in [0.15, 0.2) is 0 Å². The topological polar surface area (TPSA) is 12.0 Å². The molecular formula is C15H29N. The van der Waals surface area contributed by atoms with E-state index in [0.29, 0.717) is 10.8 Å². The molecular weight excluding hydrogens is 194 g/mol. The normalized spacial score (nSPS) is 40.1. The van der Waals surface area contributed by atoms with Crippen LogP contribution < -0.4 is 5.32 Å². The lowest BCUT2D eigenvalue weighted by Gasteiger charge is -2.31. The van der Waals surface area contributed by atoms with Crippen LogP contribution in [-0.2, 0) is 0 Å². The maximum atomic E-state index is 3.89. The Bertz CT molecular complexity index is 216. The molecule has 2 fully saturated rings. The van der Waals surface area contributed by atoms with E-state index in [4.69, 9.17) is 0 Å². The summed E-state index contributed by atoms with van der Waals surface area (Å²) >= 11 is 0. The number of nitrogens with one attached hydrogen (secondary N) is 1. The van der Waals surface area contributed by atoms with E-state index >= 15 is 0 Å². The van der Waals surface area contributed by atoms with E-state index in [1.807, 2.05) is 0 Å². The molecule has 1 saturated heterocycles. The van der Waals surface area contributed by atoms with Crippen LogP contribution in [0.25, 0.3) is 0 Å². The molecule has 0 aromatic rings. The highest BCUT2D eigenvalue weighted by Gasteiger charge is 2.46. The van der Waals surface area contributed by atoms with E-state index in [0.717, 1.165) is 23.9 Å². The minimum Gasteiger partial charge on any atom is -0.310 e. The fourth-order valence-electron chi connectivity index (χ4n) is 3.53. The van der Waals surface area contributed by atoms with Crippen molar-refractivity contribution >= 4 is 0 Å². The molecule has 1 heteroatoms. The molecule has 0 aromatic heterocycles. The molecule has 1 nitrogen and oxygen atoms in total. The van der Waals surface area contributed by atoms with Crippen LogP contribution >= 0.6 is 0 Å². The fourth-order valence-corrected chi connectivity index (χ4v) is 3.53. The summed E-state index contributed by atoms with van der Waals surface area (Å²) in [5, 5.41) is 3.89. The molecule has 1 aliphatic heterocycles. The minimum atomic E-state index is 0.432. The van der Waals surface area contributed by atoms with Crippen LogP contribution in [-0.4, -0.2) is 12.1 Å². The lowest BCUT2D eigenvalue weighted by molar-refractivity contribution is 0.213. The van der Waals surface area contributed by atoms with Gasteiger partial charge >= 0.3 is 0 Å². The predicted octanol–water partition coefficient (Wildman–Crippen LogP) is 3.84. The molecule has 0 amide bonds. The second-order valence-corrected chi connectivity index (χ2v) is 8.22. The summed E-state index contributed by atoms with van der Waals surface area (Å²) < 4.78 is 0. The van der Waals surface area contributed by atoms with Crippen molar-refractivity contribution < 1.29 is 0 Å². The maximum absolute atomic E-state index is 3.89. The van der Waals surface area contributed by atoms with E-state index in [9.17, 15) is 0 Å². The summed E-state index contributed by atoms with van der Waals surface area (Å²) in [6.07, 6.45) is 4.26. The highest BCUT2D eigenvalue weighted by atomic mass is 15.0. The molecule has 2 aliphatic rings. The second-order valence-electron chi connectivity index (χ2n) is 8.22. The smallest absolute Gasteiger partial charge is 0.0121 e. The Morgan fingerprint density at radius 3 is 1.88 bits per heavy atom. The Labute approximate surface area is 101 Å². The van der Waals surface area contributed by atoms with Crippen molar-refractivity contribution in [2.24, 2.45) is 22.7 Å². The zero-order valence-corrected chi connectivity index (χ0v) is 11.9. The summed E-state index contributed by atoms with van der Waals surface area (Å²) in [7, 11) is 0. The van der Waals surface area contributed by atoms with Gasteiger partial charge in [-0.2, -0.15) is 0 Å². The van der Waals surface area contributed by atoms with Gasteiger partial charge in [-0.05, 0) is 41.9 Å². The molecule has 1 heterocycles. The summed E-state index contributed by atoms with van der Waals surface area (Å²) in [5.41, 5.74) is 0.935. The van der Waals surface area contributed by atoms with Crippen molar-refractivity contribution in [1.82, 2.24) is 5.32 Å². The van der Waals surface area contributed by atoms with Crippen LogP contribution in [0.1, 0.15) is 60.8 Å². The lowest BCUT2D eigenvalue weighted by atomic mass is 9.77. The van der Waals surface area contributed by atoms with Gasteiger partial charge in [0.1, 0.15) is 0 Å². The van der Waals surface area contributed by atoms with Crippen LogP contribution in [0.3, 0.4) is 0 Å². The average molecular weight is 223 g/mol. The molecule has 16 heavy (non-hydrogen) atoms. The van der Waals surface area contributed by atoms with Crippen LogP contribution in [0, 0.1) is 22.7 Å². The number of hydrogen-bond acceptors (Lipinski definition) is 1. The van der Waals surface area contributed by atoms with Gasteiger partial charge in [-0.15, -0.1) is 0 Å². The third-order valence-corrected chi connectivity index (χ3v) is 4.92. The van der Waals surface area contributed by atoms with Crippen molar-refractivity contribution in [2.75, 3.05) is 0 Å². The number of fused-ring (bicyclic) bond motifs is 1. The minimum absolute atomic E-state index is 0.432. The van der Waals surface area contributed by atoms with E-state index in [1.54, 1.807) is 0 Å². The van der Waals surface area contributed by atoms with Gasteiger partial charge in [0, 0.05) is 12.1 Å². The molecule has 1 N–H and O–H groups in total. The molecule has 4 atom stereocenters. The molecule has 94 valence electrons. The quantitative estimate of drug-likeness (QED) is 0.658. The van der Waals surface area contributed by atoms with Crippen molar-refractivity contribution in [3.8, 4) is 0 Å². The molecule has 0 spiro atoms. The Morgan fingerprint density at radius 2 is 1.44 bits per heavy atom. The molecule has 2 rings (SSSR count). The first kappa shape index (κ1) is 12.4. The zero-order chi connectivity index (χ0) is 12.1. The van der Waals surface area contributed by atoms with Gasteiger partial charge in [-0.25, -0.2) is 0 Å². The SMILES string of the molecule is CC(C)(C)C1C[C@@H]2C[C@H](C(C)(C)C)C[C@@H]2N1.